The van der Waals surface area contributed by atoms with Crippen molar-refractivity contribution in [2.24, 2.45) is 0 Å². The predicted octanol–water partition coefficient (Wildman–Crippen LogP) is 3.90. The summed E-state index contributed by atoms with van der Waals surface area (Å²) in [5.41, 5.74) is -0.795. The number of hydrogen-bond acceptors (Lipinski definition) is 4. The van der Waals surface area contributed by atoms with Gasteiger partial charge in [0.15, 0.2) is 0 Å². The normalized spacial score (nSPS) is 12.9. The lowest BCUT2D eigenvalue weighted by molar-refractivity contribution is -0.137. The second-order valence-electron chi connectivity index (χ2n) is 6.25. The molecule has 0 fully saturated rings. The molecule has 1 amide bonds. The van der Waals surface area contributed by atoms with Crippen molar-refractivity contribution in [1.82, 2.24) is 0 Å². The number of rotatable bonds is 7. The Morgan fingerprint density at radius 1 is 1.17 bits per heavy atom. The van der Waals surface area contributed by atoms with E-state index < -0.39 is 33.7 Å². The van der Waals surface area contributed by atoms with E-state index in [0.29, 0.717) is 5.75 Å². The lowest BCUT2D eigenvalue weighted by Crippen LogP contribution is -2.47. The molecule has 0 aliphatic heterocycles. The standard InChI is InChI=1S/C19H21F3N2O4S/c1-4-17(18(25)23-14-8-5-7-13(11-14)19(20,21)22)24(29(3,26)27)15-9-6-10-16(12-15)28-2/h5-12,17H,4H2,1-3H3,(H,23,25). The van der Waals surface area contributed by atoms with Crippen molar-refractivity contribution in [3.8, 4) is 5.75 Å². The Bertz CT molecular complexity index is 977. The maximum atomic E-state index is 12.9. The summed E-state index contributed by atoms with van der Waals surface area (Å²) in [6, 6.07) is 9.12. The highest BCUT2D eigenvalue weighted by Gasteiger charge is 2.33. The average molecular weight is 430 g/mol. The third kappa shape index (κ3) is 5.63. The first-order valence-electron chi connectivity index (χ1n) is 8.59. The van der Waals surface area contributed by atoms with E-state index in [9.17, 15) is 26.4 Å². The van der Waals surface area contributed by atoms with Gasteiger partial charge < -0.3 is 10.1 Å². The zero-order valence-corrected chi connectivity index (χ0v) is 16.8. The van der Waals surface area contributed by atoms with E-state index in [1.54, 1.807) is 19.1 Å². The van der Waals surface area contributed by atoms with E-state index in [1.807, 2.05) is 0 Å². The van der Waals surface area contributed by atoms with Crippen molar-refractivity contribution in [2.45, 2.75) is 25.6 Å². The van der Waals surface area contributed by atoms with Crippen LogP contribution in [0, 0.1) is 0 Å². The van der Waals surface area contributed by atoms with Gasteiger partial charge in [-0.1, -0.05) is 19.1 Å². The predicted molar refractivity (Wildman–Crippen MR) is 104 cm³/mol. The molecule has 29 heavy (non-hydrogen) atoms. The lowest BCUT2D eigenvalue weighted by Gasteiger charge is -2.30. The first kappa shape index (κ1) is 22.5. The smallest absolute Gasteiger partial charge is 0.416 e. The Morgan fingerprint density at radius 3 is 2.38 bits per heavy atom. The largest absolute Gasteiger partial charge is 0.497 e. The molecule has 0 saturated heterocycles. The first-order chi connectivity index (χ1) is 13.5. The summed E-state index contributed by atoms with van der Waals surface area (Å²) >= 11 is 0. The van der Waals surface area contributed by atoms with Crippen LogP contribution in [0.25, 0.3) is 0 Å². The summed E-state index contributed by atoms with van der Waals surface area (Å²) < 4.78 is 69.6. The van der Waals surface area contributed by atoms with Gasteiger partial charge in [-0.25, -0.2) is 8.42 Å². The van der Waals surface area contributed by atoms with Crippen molar-refractivity contribution < 1.29 is 31.1 Å². The molecule has 0 bridgehead atoms. The summed E-state index contributed by atoms with van der Waals surface area (Å²) in [5, 5.41) is 2.38. The molecule has 0 aliphatic rings. The van der Waals surface area contributed by atoms with Crippen LogP contribution in [-0.4, -0.2) is 33.7 Å². The van der Waals surface area contributed by atoms with Crippen molar-refractivity contribution in [2.75, 3.05) is 23.0 Å². The number of amides is 1. The van der Waals surface area contributed by atoms with Crippen LogP contribution in [0.4, 0.5) is 24.5 Å². The second kappa shape index (κ2) is 8.73. The fourth-order valence-electron chi connectivity index (χ4n) is 2.81. The van der Waals surface area contributed by atoms with E-state index in [4.69, 9.17) is 4.74 Å². The average Bonchev–Trinajstić information content (AvgIpc) is 2.64. The van der Waals surface area contributed by atoms with Crippen LogP contribution in [0.15, 0.2) is 48.5 Å². The van der Waals surface area contributed by atoms with Gasteiger partial charge in [0.1, 0.15) is 11.8 Å². The topological polar surface area (TPSA) is 75.7 Å². The molecule has 1 atom stereocenters. The van der Waals surface area contributed by atoms with Crippen molar-refractivity contribution >= 4 is 27.3 Å². The van der Waals surface area contributed by atoms with Gasteiger partial charge in [0, 0.05) is 11.8 Å². The molecule has 0 radical (unpaired) electrons. The number of alkyl halides is 3. The molecule has 158 valence electrons. The summed E-state index contributed by atoms with van der Waals surface area (Å²) in [6.07, 6.45) is -3.52. The van der Waals surface area contributed by atoms with Gasteiger partial charge in [0.05, 0.1) is 24.6 Å². The highest BCUT2D eigenvalue weighted by Crippen LogP contribution is 2.31. The van der Waals surface area contributed by atoms with Crippen LogP contribution in [0.2, 0.25) is 0 Å². The first-order valence-corrected chi connectivity index (χ1v) is 10.4. The molecular weight excluding hydrogens is 409 g/mol. The van der Waals surface area contributed by atoms with Gasteiger partial charge in [-0.2, -0.15) is 13.2 Å². The molecule has 0 heterocycles. The Balaban J connectivity index is 2.39. The van der Waals surface area contributed by atoms with E-state index >= 15 is 0 Å². The Kier molecular flexibility index (Phi) is 6.78. The van der Waals surface area contributed by atoms with E-state index in [-0.39, 0.29) is 17.8 Å². The maximum Gasteiger partial charge on any atom is 0.416 e. The zero-order valence-electron chi connectivity index (χ0n) is 16.0. The van der Waals surface area contributed by atoms with Gasteiger partial charge in [0.2, 0.25) is 15.9 Å². The fraction of sp³-hybridized carbons (Fsp3) is 0.316. The summed E-state index contributed by atoms with van der Waals surface area (Å²) in [7, 11) is -2.47. The number of carbonyl (C=O) groups is 1. The third-order valence-electron chi connectivity index (χ3n) is 4.09. The molecule has 0 aromatic heterocycles. The molecule has 1 unspecified atom stereocenters. The van der Waals surface area contributed by atoms with Crippen LogP contribution < -0.4 is 14.4 Å². The fourth-order valence-corrected chi connectivity index (χ4v) is 4.01. The van der Waals surface area contributed by atoms with Crippen LogP contribution in [-0.2, 0) is 21.0 Å². The molecule has 10 heteroatoms. The molecule has 2 aromatic rings. The SMILES string of the molecule is CCC(C(=O)Nc1cccc(C(F)(F)F)c1)N(c1cccc(OC)c1)S(C)(=O)=O. The zero-order chi connectivity index (χ0) is 21.8. The maximum absolute atomic E-state index is 12.9. The van der Waals surface area contributed by atoms with Crippen molar-refractivity contribution in [3.63, 3.8) is 0 Å². The van der Waals surface area contributed by atoms with Gasteiger partial charge in [0.25, 0.3) is 0 Å². The number of nitrogens with zero attached hydrogens (tertiary/aromatic N) is 1. The molecule has 0 aliphatic carbocycles. The number of benzene rings is 2. The molecule has 0 spiro atoms. The monoisotopic (exact) mass is 430 g/mol. The van der Waals surface area contributed by atoms with Crippen LogP contribution in [0.1, 0.15) is 18.9 Å². The molecule has 2 aromatic carbocycles. The molecule has 0 saturated carbocycles. The third-order valence-corrected chi connectivity index (χ3v) is 5.27. The van der Waals surface area contributed by atoms with Crippen LogP contribution in [0.3, 0.4) is 0 Å². The van der Waals surface area contributed by atoms with Crippen molar-refractivity contribution in [1.29, 1.82) is 0 Å². The number of sulfonamides is 1. The van der Waals surface area contributed by atoms with Gasteiger partial charge >= 0.3 is 6.18 Å². The molecule has 6 nitrogen and oxygen atoms in total. The minimum absolute atomic E-state index is 0.0811. The van der Waals surface area contributed by atoms with Gasteiger partial charge in [-0.05, 0) is 36.8 Å². The Labute approximate surface area is 167 Å². The number of anilines is 2. The number of nitrogens with one attached hydrogen (secondary N) is 1. The van der Waals surface area contributed by atoms with E-state index in [0.717, 1.165) is 28.8 Å². The number of methoxy groups -OCH3 is 1. The highest BCUT2D eigenvalue weighted by molar-refractivity contribution is 7.92. The second-order valence-corrected chi connectivity index (χ2v) is 8.11. The summed E-state index contributed by atoms with van der Waals surface area (Å²) in [6.45, 7) is 1.61. The van der Waals surface area contributed by atoms with Gasteiger partial charge in [-0.3, -0.25) is 9.10 Å². The summed E-state index contributed by atoms with van der Waals surface area (Å²) in [5.74, 6) is -0.357. The molecule has 1 N–H and O–H groups in total. The number of halogens is 3. The number of carbonyl (C=O) groups excluding carboxylic acids is 1. The van der Waals surface area contributed by atoms with E-state index in [2.05, 4.69) is 5.32 Å². The van der Waals surface area contributed by atoms with Crippen LogP contribution >= 0.6 is 0 Å². The van der Waals surface area contributed by atoms with Crippen molar-refractivity contribution in [3.05, 3.63) is 54.1 Å². The minimum Gasteiger partial charge on any atom is -0.497 e. The van der Waals surface area contributed by atoms with Gasteiger partial charge in [-0.15, -0.1) is 0 Å². The van der Waals surface area contributed by atoms with E-state index in [1.165, 1.54) is 25.3 Å². The summed E-state index contributed by atoms with van der Waals surface area (Å²) in [4.78, 5) is 12.8. The minimum atomic E-state index is -4.57. The lowest BCUT2D eigenvalue weighted by atomic mass is 10.1. The highest BCUT2D eigenvalue weighted by atomic mass is 32.2. The molecular formula is C19H21F3N2O4S. The molecule has 2 rings (SSSR count). The quantitative estimate of drug-likeness (QED) is 0.723. The number of ether oxygens (including phenoxy) is 1. The Hall–Kier alpha value is -2.75. The van der Waals surface area contributed by atoms with Crippen LogP contribution in [0.5, 0.6) is 5.75 Å². The number of hydrogen-bond donors (Lipinski definition) is 1. The Morgan fingerprint density at radius 2 is 1.83 bits per heavy atom.